The van der Waals surface area contributed by atoms with Gasteiger partial charge in [-0.3, -0.25) is 0 Å². The predicted octanol–water partition coefficient (Wildman–Crippen LogP) is 5.30. The number of thioether (sulfide) groups is 1. The average Bonchev–Trinajstić information content (AvgIpc) is 3.10. The highest BCUT2D eigenvalue weighted by atomic mass is 32.2. The molecule has 0 spiro atoms. The molecule has 3 aromatic rings. The number of rotatable bonds is 7. The second-order valence-corrected chi connectivity index (χ2v) is 9.17. The van der Waals surface area contributed by atoms with E-state index in [1.54, 1.807) is 0 Å². The van der Waals surface area contributed by atoms with Crippen molar-refractivity contribution in [3.8, 4) is 17.2 Å². The Hall–Kier alpha value is -2.61. The Kier molecular flexibility index (Phi) is 6.89. The van der Waals surface area contributed by atoms with Gasteiger partial charge in [0.2, 0.25) is 5.89 Å². The summed E-state index contributed by atoms with van der Waals surface area (Å²) in [5.41, 5.74) is 4.14. The molecule has 8 heteroatoms. The topological polar surface area (TPSA) is 87.3 Å². The number of benzene rings is 1. The van der Waals surface area contributed by atoms with E-state index in [0.717, 1.165) is 35.2 Å². The van der Waals surface area contributed by atoms with E-state index >= 15 is 0 Å². The molecule has 0 aliphatic rings. The third-order valence-electron chi connectivity index (χ3n) is 4.44. The standard InChI is InChI=1S/C23H29N3O4S/c1-8-9-16-18-21(26-22(24-16)31-7)29-20(25-18)15-10-13(2)19(14(3)11-15)28-12-17(27)30-23(4,5)6/h10-11H,8-9,12H2,1-7H3. The van der Waals surface area contributed by atoms with Crippen molar-refractivity contribution in [2.75, 3.05) is 12.9 Å². The molecule has 2 heterocycles. The second kappa shape index (κ2) is 9.26. The summed E-state index contributed by atoms with van der Waals surface area (Å²) in [4.78, 5) is 25.7. The predicted molar refractivity (Wildman–Crippen MR) is 122 cm³/mol. The van der Waals surface area contributed by atoms with Crippen LogP contribution in [-0.4, -0.2) is 39.4 Å². The third kappa shape index (κ3) is 5.55. The molecule has 1 aromatic carbocycles. The summed E-state index contributed by atoms with van der Waals surface area (Å²) in [5.74, 6) is 0.743. The molecule has 0 amide bonds. The van der Waals surface area contributed by atoms with Crippen LogP contribution in [0.1, 0.15) is 50.9 Å². The van der Waals surface area contributed by atoms with Crippen molar-refractivity contribution < 1.29 is 18.7 Å². The van der Waals surface area contributed by atoms with Crippen LogP contribution in [0, 0.1) is 13.8 Å². The number of hydrogen-bond acceptors (Lipinski definition) is 8. The van der Waals surface area contributed by atoms with Crippen molar-refractivity contribution in [2.24, 2.45) is 0 Å². The van der Waals surface area contributed by atoms with Crippen molar-refractivity contribution in [3.63, 3.8) is 0 Å². The highest BCUT2D eigenvalue weighted by Crippen LogP contribution is 2.32. The van der Waals surface area contributed by atoms with Gasteiger partial charge in [0.05, 0.1) is 5.69 Å². The first-order valence-corrected chi connectivity index (χ1v) is 11.5. The fourth-order valence-electron chi connectivity index (χ4n) is 3.29. The number of aromatic nitrogens is 3. The van der Waals surface area contributed by atoms with Gasteiger partial charge in [-0.15, -0.1) is 0 Å². The van der Waals surface area contributed by atoms with Crippen LogP contribution in [0.15, 0.2) is 21.7 Å². The number of nitrogens with zero attached hydrogens (tertiary/aromatic N) is 3. The molecule has 0 N–H and O–H groups in total. The molecule has 0 radical (unpaired) electrons. The molecule has 0 saturated carbocycles. The van der Waals surface area contributed by atoms with Gasteiger partial charge in [-0.25, -0.2) is 14.8 Å². The van der Waals surface area contributed by atoms with Gasteiger partial charge in [0.1, 0.15) is 11.4 Å². The molecule has 166 valence electrons. The molecular formula is C23H29N3O4S. The molecule has 0 aliphatic heterocycles. The van der Waals surface area contributed by atoms with Crippen molar-refractivity contribution in [3.05, 3.63) is 29.0 Å². The van der Waals surface area contributed by atoms with Crippen LogP contribution < -0.4 is 4.74 Å². The zero-order valence-electron chi connectivity index (χ0n) is 19.2. The number of carbonyl (C=O) groups excluding carboxylic acids is 1. The largest absolute Gasteiger partial charge is 0.481 e. The van der Waals surface area contributed by atoms with Gasteiger partial charge in [-0.1, -0.05) is 25.1 Å². The smallest absolute Gasteiger partial charge is 0.344 e. The zero-order chi connectivity index (χ0) is 22.8. The molecule has 3 rings (SSSR count). The highest BCUT2D eigenvalue weighted by Gasteiger charge is 2.19. The Morgan fingerprint density at radius 1 is 1.13 bits per heavy atom. The number of oxazole rings is 1. The molecule has 0 unspecified atom stereocenters. The SMILES string of the molecule is CCCc1nc(SC)nc2oc(-c3cc(C)c(OCC(=O)OC(C)(C)C)c(C)c3)nc12. The van der Waals surface area contributed by atoms with Gasteiger partial charge in [-0.2, -0.15) is 4.98 Å². The summed E-state index contributed by atoms with van der Waals surface area (Å²) >= 11 is 1.48. The lowest BCUT2D eigenvalue weighted by molar-refractivity contribution is -0.157. The van der Waals surface area contributed by atoms with Crippen molar-refractivity contribution in [1.29, 1.82) is 0 Å². The van der Waals surface area contributed by atoms with Crippen LogP contribution in [0.3, 0.4) is 0 Å². The normalized spacial score (nSPS) is 11.7. The summed E-state index contributed by atoms with van der Waals surface area (Å²) in [7, 11) is 0. The van der Waals surface area contributed by atoms with Crippen LogP contribution >= 0.6 is 11.8 Å². The summed E-state index contributed by atoms with van der Waals surface area (Å²) in [5, 5.41) is 0.678. The lowest BCUT2D eigenvalue weighted by Gasteiger charge is -2.20. The number of fused-ring (bicyclic) bond motifs is 1. The Morgan fingerprint density at radius 3 is 2.39 bits per heavy atom. The summed E-state index contributed by atoms with van der Waals surface area (Å²) in [6.07, 6.45) is 3.72. The van der Waals surface area contributed by atoms with Gasteiger partial charge in [-0.05, 0) is 70.6 Å². The second-order valence-electron chi connectivity index (χ2n) is 8.39. The summed E-state index contributed by atoms with van der Waals surface area (Å²) in [6.45, 7) is 11.3. The monoisotopic (exact) mass is 443 g/mol. The number of esters is 1. The first kappa shape index (κ1) is 23.1. The van der Waals surface area contributed by atoms with E-state index < -0.39 is 11.6 Å². The van der Waals surface area contributed by atoms with Crippen molar-refractivity contribution >= 4 is 29.0 Å². The van der Waals surface area contributed by atoms with Gasteiger partial charge < -0.3 is 13.9 Å². The summed E-state index contributed by atoms with van der Waals surface area (Å²) < 4.78 is 17.1. The minimum Gasteiger partial charge on any atom is -0.481 e. The first-order valence-electron chi connectivity index (χ1n) is 10.3. The van der Waals surface area contributed by atoms with E-state index in [-0.39, 0.29) is 6.61 Å². The molecule has 31 heavy (non-hydrogen) atoms. The molecule has 0 fully saturated rings. The molecular weight excluding hydrogens is 414 g/mol. The maximum absolute atomic E-state index is 12.0. The van der Waals surface area contributed by atoms with Crippen LogP contribution in [0.4, 0.5) is 0 Å². The molecule has 0 saturated heterocycles. The van der Waals surface area contributed by atoms with E-state index in [4.69, 9.17) is 13.9 Å². The van der Waals surface area contributed by atoms with Crippen molar-refractivity contribution in [2.45, 2.75) is 65.1 Å². The lowest BCUT2D eigenvalue weighted by Crippen LogP contribution is -2.27. The molecule has 2 aromatic heterocycles. The molecule has 7 nitrogen and oxygen atoms in total. The number of aryl methyl sites for hydroxylation is 3. The maximum atomic E-state index is 12.0. The molecule has 0 aliphatic carbocycles. The van der Waals surface area contributed by atoms with E-state index in [0.29, 0.717) is 28.0 Å². The zero-order valence-corrected chi connectivity index (χ0v) is 20.0. The van der Waals surface area contributed by atoms with Gasteiger partial charge >= 0.3 is 5.97 Å². The Balaban J connectivity index is 1.89. The number of ether oxygens (including phenoxy) is 2. The van der Waals surface area contributed by atoms with Crippen LogP contribution in [0.5, 0.6) is 5.75 Å². The summed E-state index contributed by atoms with van der Waals surface area (Å²) in [6, 6.07) is 3.87. The lowest BCUT2D eigenvalue weighted by atomic mass is 10.1. The minimum absolute atomic E-state index is 0.144. The quantitative estimate of drug-likeness (QED) is 0.276. The minimum atomic E-state index is -0.545. The van der Waals surface area contributed by atoms with E-state index in [2.05, 4.69) is 21.9 Å². The Labute approximate surface area is 187 Å². The molecule has 0 bridgehead atoms. The maximum Gasteiger partial charge on any atom is 0.344 e. The van der Waals surface area contributed by atoms with Crippen LogP contribution in [-0.2, 0) is 16.0 Å². The first-order chi connectivity index (χ1) is 14.6. The van der Waals surface area contributed by atoms with Crippen molar-refractivity contribution in [1.82, 2.24) is 15.0 Å². The Morgan fingerprint density at radius 2 is 1.81 bits per heavy atom. The average molecular weight is 444 g/mol. The van der Waals surface area contributed by atoms with Crippen LogP contribution in [0.25, 0.3) is 22.7 Å². The fraction of sp³-hybridized carbons (Fsp3) is 0.478. The van der Waals surface area contributed by atoms with E-state index in [1.807, 2.05) is 53.0 Å². The number of carbonyl (C=O) groups is 1. The Bertz CT molecular complexity index is 1080. The fourth-order valence-corrected chi connectivity index (χ4v) is 3.66. The van der Waals surface area contributed by atoms with Gasteiger partial charge in [0.15, 0.2) is 17.3 Å². The highest BCUT2D eigenvalue weighted by molar-refractivity contribution is 7.98. The van der Waals surface area contributed by atoms with E-state index in [9.17, 15) is 4.79 Å². The molecule has 0 atom stereocenters. The number of hydrogen-bond donors (Lipinski definition) is 0. The van der Waals surface area contributed by atoms with Gasteiger partial charge in [0, 0.05) is 5.56 Å². The van der Waals surface area contributed by atoms with Gasteiger partial charge in [0.25, 0.3) is 5.71 Å². The van der Waals surface area contributed by atoms with E-state index in [1.165, 1.54) is 11.8 Å². The third-order valence-corrected chi connectivity index (χ3v) is 4.99. The van der Waals surface area contributed by atoms with Crippen LogP contribution in [0.2, 0.25) is 0 Å².